The first-order valence-electron chi connectivity index (χ1n) is 10.5. The lowest BCUT2D eigenvalue weighted by Crippen LogP contribution is -2.31. The lowest BCUT2D eigenvalue weighted by atomic mass is 10.1. The van der Waals surface area contributed by atoms with Crippen LogP contribution in [0.15, 0.2) is 47.3 Å². The number of hydrogen-bond donors (Lipinski definition) is 0. The minimum Gasteiger partial charge on any atom is -0.494 e. The van der Waals surface area contributed by atoms with Crippen molar-refractivity contribution in [1.82, 2.24) is 14.5 Å². The smallest absolute Gasteiger partial charge is 0.266 e. The summed E-state index contributed by atoms with van der Waals surface area (Å²) in [5.74, 6) is 1.51. The maximum absolute atomic E-state index is 13.1. The van der Waals surface area contributed by atoms with Gasteiger partial charge in [0.25, 0.3) is 5.56 Å². The fraction of sp³-hybridized carbons (Fsp3) is 0.417. The van der Waals surface area contributed by atoms with Crippen LogP contribution in [-0.2, 0) is 0 Å². The standard InChI is InChI=1S/C24H29N3O2/c1-17-7-6-8-22-23(17)24(28)27(19(3)25-22)20-9-11-21(12-10-20)29-16-13-18(2)26-14-4-5-15-26/h6-12,18H,4-5,13-16H2,1-3H3. The van der Waals surface area contributed by atoms with Crippen molar-refractivity contribution in [2.75, 3.05) is 19.7 Å². The zero-order valence-corrected chi connectivity index (χ0v) is 17.5. The van der Waals surface area contributed by atoms with Gasteiger partial charge < -0.3 is 9.64 Å². The number of ether oxygens (including phenoxy) is 1. The van der Waals surface area contributed by atoms with Gasteiger partial charge in [-0.15, -0.1) is 0 Å². The van der Waals surface area contributed by atoms with Crippen LogP contribution >= 0.6 is 0 Å². The van der Waals surface area contributed by atoms with E-state index in [1.54, 1.807) is 4.57 Å². The van der Waals surface area contributed by atoms with E-state index in [4.69, 9.17) is 4.74 Å². The molecule has 1 fully saturated rings. The minimum atomic E-state index is -0.0290. The van der Waals surface area contributed by atoms with E-state index in [-0.39, 0.29) is 5.56 Å². The predicted octanol–water partition coefficient (Wildman–Crippen LogP) is 4.26. The molecule has 1 aliphatic heterocycles. The summed E-state index contributed by atoms with van der Waals surface area (Å²) in [6, 6.07) is 14.1. The SMILES string of the molecule is Cc1cccc2nc(C)n(-c3ccc(OCCC(C)N4CCCC4)cc3)c(=O)c12. The second-order valence-corrected chi connectivity index (χ2v) is 7.99. The van der Waals surface area contributed by atoms with E-state index in [0.717, 1.165) is 28.9 Å². The number of likely N-dealkylation sites (tertiary alicyclic amines) is 1. The number of rotatable bonds is 6. The molecule has 0 amide bonds. The molecule has 0 spiro atoms. The summed E-state index contributed by atoms with van der Waals surface area (Å²) >= 11 is 0. The van der Waals surface area contributed by atoms with Crippen LogP contribution in [0.2, 0.25) is 0 Å². The summed E-state index contributed by atoms with van der Waals surface area (Å²) in [6.07, 6.45) is 3.65. The zero-order valence-electron chi connectivity index (χ0n) is 17.5. The molecule has 0 radical (unpaired) electrons. The summed E-state index contributed by atoms with van der Waals surface area (Å²) in [5.41, 5.74) is 2.47. The van der Waals surface area contributed by atoms with Gasteiger partial charge in [0.05, 0.1) is 23.2 Å². The third-order valence-electron chi connectivity index (χ3n) is 5.94. The van der Waals surface area contributed by atoms with Gasteiger partial charge in [0.1, 0.15) is 11.6 Å². The highest BCUT2D eigenvalue weighted by atomic mass is 16.5. The van der Waals surface area contributed by atoms with Gasteiger partial charge in [0.15, 0.2) is 0 Å². The zero-order chi connectivity index (χ0) is 20.4. The average Bonchev–Trinajstić information content (AvgIpc) is 3.24. The largest absolute Gasteiger partial charge is 0.494 e. The maximum Gasteiger partial charge on any atom is 0.266 e. The summed E-state index contributed by atoms with van der Waals surface area (Å²) in [6.45, 7) is 9.22. The summed E-state index contributed by atoms with van der Waals surface area (Å²) in [4.78, 5) is 20.3. The van der Waals surface area contributed by atoms with E-state index < -0.39 is 0 Å². The molecule has 1 unspecified atom stereocenters. The van der Waals surface area contributed by atoms with Crippen LogP contribution in [0.5, 0.6) is 5.75 Å². The lowest BCUT2D eigenvalue weighted by molar-refractivity contribution is 0.206. The molecule has 29 heavy (non-hydrogen) atoms. The van der Waals surface area contributed by atoms with Crippen molar-refractivity contribution < 1.29 is 4.74 Å². The summed E-state index contributed by atoms with van der Waals surface area (Å²) < 4.78 is 7.62. The number of hydrogen-bond acceptors (Lipinski definition) is 4. The minimum absolute atomic E-state index is 0.0290. The van der Waals surface area contributed by atoms with Gasteiger partial charge in [-0.05, 0) is 89.0 Å². The van der Waals surface area contributed by atoms with Crippen LogP contribution in [0.3, 0.4) is 0 Å². The first kappa shape index (κ1) is 19.6. The first-order valence-corrected chi connectivity index (χ1v) is 10.5. The van der Waals surface area contributed by atoms with Gasteiger partial charge in [-0.1, -0.05) is 12.1 Å². The van der Waals surface area contributed by atoms with Crippen molar-refractivity contribution in [2.24, 2.45) is 0 Å². The van der Waals surface area contributed by atoms with Crippen molar-refractivity contribution in [3.05, 3.63) is 64.2 Å². The van der Waals surface area contributed by atoms with Crippen LogP contribution in [0, 0.1) is 13.8 Å². The van der Waals surface area contributed by atoms with Crippen LogP contribution in [0.1, 0.15) is 37.6 Å². The second-order valence-electron chi connectivity index (χ2n) is 7.99. The Morgan fingerprint density at radius 1 is 1.07 bits per heavy atom. The van der Waals surface area contributed by atoms with Crippen LogP contribution in [0.25, 0.3) is 16.6 Å². The molecule has 5 heteroatoms. The Balaban J connectivity index is 1.49. The molecule has 0 bridgehead atoms. The second kappa shape index (κ2) is 8.37. The monoisotopic (exact) mass is 391 g/mol. The normalized spacial score (nSPS) is 15.7. The quantitative estimate of drug-likeness (QED) is 0.630. The first-order chi connectivity index (χ1) is 14.0. The molecule has 1 saturated heterocycles. The van der Waals surface area contributed by atoms with Crippen LogP contribution in [0.4, 0.5) is 0 Å². The Kier molecular flexibility index (Phi) is 5.67. The Labute approximate surface area is 171 Å². The van der Waals surface area contributed by atoms with E-state index in [0.29, 0.717) is 23.9 Å². The van der Waals surface area contributed by atoms with E-state index >= 15 is 0 Å². The summed E-state index contributed by atoms with van der Waals surface area (Å²) in [7, 11) is 0. The average molecular weight is 392 g/mol. The molecule has 0 aliphatic carbocycles. The molecule has 2 heterocycles. The van der Waals surface area contributed by atoms with Gasteiger partial charge in [0.2, 0.25) is 0 Å². The molecule has 1 aliphatic rings. The molecule has 1 atom stereocenters. The maximum atomic E-state index is 13.1. The fourth-order valence-corrected chi connectivity index (χ4v) is 4.21. The number of aromatic nitrogens is 2. The fourth-order valence-electron chi connectivity index (χ4n) is 4.21. The van der Waals surface area contributed by atoms with Crippen molar-refractivity contribution in [3.8, 4) is 11.4 Å². The molecule has 3 aromatic rings. The van der Waals surface area contributed by atoms with E-state index in [1.807, 2.05) is 56.3 Å². The van der Waals surface area contributed by atoms with Gasteiger partial charge >= 0.3 is 0 Å². The van der Waals surface area contributed by atoms with E-state index in [2.05, 4.69) is 16.8 Å². The van der Waals surface area contributed by atoms with Gasteiger partial charge in [-0.25, -0.2) is 4.98 Å². The molecular formula is C24H29N3O2. The molecule has 4 rings (SSSR count). The van der Waals surface area contributed by atoms with E-state index in [1.165, 1.54) is 25.9 Å². The topological polar surface area (TPSA) is 47.4 Å². The van der Waals surface area contributed by atoms with Crippen molar-refractivity contribution in [2.45, 2.75) is 46.1 Å². The molecular weight excluding hydrogens is 362 g/mol. The van der Waals surface area contributed by atoms with E-state index in [9.17, 15) is 4.79 Å². The highest BCUT2D eigenvalue weighted by molar-refractivity contribution is 5.81. The van der Waals surface area contributed by atoms with Crippen molar-refractivity contribution in [1.29, 1.82) is 0 Å². The number of nitrogens with zero attached hydrogens (tertiary/aromatic N) is 3. The summed E-state index contributed by atoms with van der Waals surface area (Å²) in [5, 5.41) is 0.675. The lowest BCUT2D eigenvalue weighted by Gasteiger charge is -2.23. The number of fused-ring (bicyclic) bond motifs is 1. The van der Waals surface area contributed by atoms with Crippen molar-refractivity contribution in [3.63, 3.8) is 0 Å². The molecule has 5 nitrogen and oxygen atoms in total. The Morgan fingerprint density at radius 2 is 1.79 bits per heavy atom. The molecule has 1 aromatic heterocycles. The van der Waals surface area contributed by atoms with Gasteiger partial charge in [-0.3, -0.25) is 9.36 Å². The van der Waals surface area contributed by atoms with Crippen LogP contribution in [-0.4, -0.2) is 40.2 Å². The Morgan fingerprint density at radius 3 is 2.52 bits per heavy atom. The Hall–Kier alpha value is -2.66. The molecule has 152 valence electrons. The predicted molar refractivity (Wildman–Crippen MR) is 117 cm³/mol. The van der Waals surface area contributed by atoms with Gasteiger partial charge in [0, 0.05) is 6.04 Å². The Bertz CT molecular complexity index is 1050. The third-order valence-corrected chi connectivity index (χ3v) is 5.94. The highest BCUT2D eigenvalue weighted by Gasteiger charge is 2.17. The highest BCUT2D eigenvalue weighted by Crippen LogP contribution is 2.19. The van der Waals surface area contributed by atoms with Gasteiger partial charge in [-0.2, -0.15) is 0 Å². The van der Waals surface area contributed by atoms with Crippen molar-refractivity contribution >= 4 is 10.9 Å². The third kappa shape index (κ3) is 4.06. The van der Waals surface area contributed by atoms with Crippen LogP contribution < -0.4 is 10.3 Å². The molecule has 0 N–H and O–H groups in total. The number of benzene rings is 2. The molecule has 0 saturated carbocycles. The molecule has 2 aromatic carbocycles. The number of aryl methyl sites for hydroxylation is 2.